The fourth-order valence-electron chi connectivity index (χ4n) is 3.39. The minimum absolute atomic E-state index is 0.0466. The summed E-state index contributed by atoms with van der Waals surface area (Å²) in [6.45, 7) is 10.7. The van der Waals surface area contributed by atoms with Crippen LogP contribution in [0.2, 0.25) is 0 Å². The van der Waals surface area contributed by atoms with Gasteiger partial charge in [-0.25, -0.2) is 13.8 Å². The van der Waals surface area contributed by atoms with Crippen molar-refractivity contribution in [1.82, 2.24) is 0 Å². The van der Waals surface area contributed by atoms with E-state index in [1.165, 1.54) is 46.0 Å². The zero-order valence-corrected chi connectivity index (χ0v) is 14.6. The van der Waals surface area contributed by atoms with Crippen molar-refractivity contribution in [3.63, 3.8) is 0 Å². The number of halogens is 2. The van der Waals surface area contributed by atoms with Crippen molar-refractivity contribution in [2.75, 3.05) is 6.61 Å². The summed E-state index contributed by atoms with van der Waals surface area (Å²) in [7, 11) is 0. The van der Waals surface area contributed by atoms with Crippen LogP contribution in [0.25, 0.3) is 0 Å². The van der Waals surface area contributed by atoms with Gasteiger partial charge in [0.15, 0.2) is 0 Å². The van der Waals surface area contributed by atoms with E-state index in [9.17, 15) is 8.78 Å². The first-order valence-corrected chi connectivity index (χ1v) is 8.04. The zero-order valence-electron chi connectivity index (χ0n) is 14.6. The van der Waals surface area contributed by atoms with E-state index >= 15 is 0 Å². The van der Waals surface area contributed by atoms with Crippen LogP contribution < -0.4 is 0 Å². The molecule has 0 aromatic heterocycles. The molecule has 0 radical (unpaired) electrons. The monoisotopic (exact) mass is 329 g/mol. The molecular formula is C20H21F2NO. The van der Waals surface area contributed by atoms with Gasteiger partial charge in [0.1, 0.15) is 29.8 Å². The van der Waals surface area contributed by atoms with Crippen LogP contribution >= 0.6 is 0 Å². The van der Waals surface area contributed by atoms with E-state index in [0.717, 1.165) is 5.56 Å². The number of hydrogen-bond acceptors (Lipinski definition) is 2. The maximum Gasteiger partial charge on any atom is 0.222 e. The topological polar surface area (TPSA) is 21.6 Å². The van der Waals surface area contributed by atoms with Gasteiger partial charge in [-0.2, -0.15) is 0 Å². The normalized spacial score (nSPS) is 17.0. The second-order valence-corrected chi connectivity index (χ2v) is 6.40. The lowest BCUT2D eigenvalue weighted by Crippen LogP contribution is -2.08. The number of benzene rings is 2. The molecule has 0 fully saturated rings. The molecule has 0 saturated carbocycles. The molecule has 0 amide bonds. The average molecular weight is 329 g/mol. The Morgan fingerprint density at radius 2 is 1.38 bits per heavy atom. The number of nitrogens with zero attached hydrogens (tertiary/aromatic N) is 1. The molecule has 1 aliphatic heterocycles. The van der Waals surface area contributed by atoms with Crippen molar-refractivity contribution < 1.29 is 13.5 Å². The third kappa shape index (κ3) is 2.50. The molecule has 0 spiro atoms. The van der Waals surface area contributed by atoms with Crippen molar-refractivity contribution >= 4 is 5.90 Å². The predicted molar refractivity (Wildman–Crippen MR) is 91.7 cm³/mol. The smallest absolute Gasteiger partial charge is 0.222 e. The highest BCUT2D eigenvalue weighted by Crippen LogP contribution is 2.35. The summed E-state index contributed by atoms with van der Waals surface area (Å²) in [4.78, 5) is 4.50. The largest absolute Gasteiger partial charge is 0.475 e. The predicted octanol–water partition coefficient (Wildman–Crippen LogP) is 5.03. The highest BCUT2D eigenvalue weighted by Gasteiger charge is 2.29. The molecule has 1 unspecified atom stereocenters. The number of ether oxygens (including phenoxy) is 1. The molecule has 1 atom stereocenters. The van der Waals surface area contributed by atoms with Crippen molar-refractivity contribution in [2.45, 2.75) is 40.7 Å². The van der Waals surface area contributed by atoms with Crippen LogP contribution in [-0.4, -0.2) is 12.5 Å². The number of rotatable bonds is 2. The Balaban J connectivity index is 2.10. The highest BCUT2D eigenvalue weighted by molar-refractivity contribution is 5.95. The van der Waals surface area contributed by atoms with E-state index in [2.05, 4.69) is 39.6 Å². The zero-order chi connectivity index (χ0) is 17.6. The summed E-state index contributed by atoms with van der Waals surface area (Å²) in [5.74, 6) is -1.26. The Morgan fingerprint density at radius 1 is 0.875 bits per heavy atom. The van der Waals surface area contributed by atoms with Crippen molar-refractivity contribution in [1.29, 1.82) is 0 Å². The molecule has 126 valence electrons. The summed E-state index contributed by atoms with van der Waals surface area (Å²) >= 11 is 0. The first kappa shape index (κ1) is 16.6. The van der Waals surface area contributed by atoms with E-state index in [-0.39, 0.29) is 17.5 Å². The Labute approximate surface area is 141 Å². The molecule has 0 bridgehead atoms. The van der Waals surface area contributed by atoms with Gasteiger partial charge in [0.05, 0.1) is 0 Å². The molecule has 2 nitrogen and oxygen atoms in total. The molecule has 2 aromatic carbocycles. The minimum Gasteiger partial charge on any atom is -0.475 e. The van der Waals surface area contributed by atoms with Crippen LogP contribution in [-0.2, 0) is 4.74 Å². The SMILES string of the molecule is Cc1c(C)c(C)c(C2COC(c3c(F)cccc3F)=N2)c(C)c1C. The second-order valence-electron chi connectivity index (χ2n) is 6.40. The lowest BCUT2D eigenvalue weighted by molar-refractivity contribution is 0.317. The molecule has 2 aromatic rings. The maximum absolute atomic E-state index is 14.0. The Bertz CT molecular complexity index is 806. The highest BCUT2D eigenvalue weighted by atomic mass is 19.1. The van der Waals surface area contributed by atoms with E-state index in [1.54, 1.807) is 0 Å². The van der Waals surface area contributed by atoms with E-state index in [1.807, 2.05) is 0 Å². The van der Waals surface area contributed by atoms with Crippen molar-refractivity contribution in [3.05, 3.63) is 68.8 Å². The standard InChI is InChI=1S/C20H21F2NO/c1-10-11(2)13(4)18(14(5)12(10)3)17-9-24-20(23-17)19-15(21)7-6-8-16(19)22/h6-8,17H,9H2,1-5H3. The molecule has 1 aliphatic rings. The third-order valence-electron chi connectivity index (χ3n) is 5.22. The fourth-order valence-corrected chi connectivity index (χ4v) is 3.39. The summed E-state index contributed by atoms with van der Waals surface area (Å²) in [6.07, 6.45) is 0. The lowest BCUT2D eigenvalue weighted by atomic mass is 9.86. The van der Waals surface area contributed by atoms with Gasteiger partial charge in [-0.3, -0.25) is 0 Å². The van der Waals surface area contributed by atoms with Crippen LogP contribution in [0.1, 0.15) is 45.0 Å². The van der Waals surface area contributed by atoms with Gasteiger partial charge in [0.2, 0.25) is 5.90 Å². The summed E-state index contributed by atoms with van der Waals surface area (Å²) in [6, 6.07) is 3.53. The van der Waals surface area contributed by atoms with Crippen LogP contribution in [0.5, 0.6) is 0 Å². The Morgan fingerprint density at radius 3 is 1.92 bits per heavy atom. The van der Waals surface area contributed by atoms with Gasteiger partial charge in [-0.1, -0.05) is 6.07 Å². The third-order valence-corrected chi connectivity index (χ3v) is 5.22. The van der Waals surface area contributed by atoms with E-state index < -0.39 is 11.6 Å². The molecular weight excluding hydrogens is 308 g/mol. The van der Waals surface area contributed by atoms with Crippen LogP contribution in [0, 0.1) is 46.3 Å². The lowest BCUT2D eigenvalue weighted by Gasteiger charge is -2.20. The van der Waals surface area contributed by atoms with Crippen molar-refractivity contribution in [2.24, 2.45) is 4.99 Å². The maximum atomic E-state index is 14.0. The van der Waals surface area contributed by atoms with Crippen molar-refractivity contribution in [3.8, 4) is 0 Å². The van der Waals surface area contributed by atoms with Gasteiger partial charge in [-0.15, -0.1) is 0 Å². The molecule has 0 aliphatic carbocycles. The molecule has 3 rings (SSSR count). The molecule has 4 heteroatoms. The molecule has 0 saturated heterocycles. The van der Waals surface area contributed by atoms with E-state index in [4.69, 9.17) is 4.74 Å². The summed E-state index contributed by atoms with van der Waals surface area (Å²) < 4.78 is 33.5. The van der Waals surface area contributed by atoms with Gasteiger partial charge < -0.3 is 4.74 Å². The minimum atomic E-state index is -0.654. The Kier molecular flexibility index (Phi) is 4.16. The second kappa shape index (κ2) is 6.00. The molecule has 24 heavy (non-hydrogen) atoms. The quantitative estimate of drug-likeness (QED) is 0.757. The number of aliphatic imine (C=N–C) groups is 1. The van der Waals surface area contributed by atoms with E-state index in [0.29, 0.717) is 6.61 Å². The van der Waals surface area contributed by atoms with Gasteiger partial charge in [0, 0.05) is 0 Å². The van der Waals surface area contributed by atoms with Crippen LogP contribution in [0.15, 0.2) is 23.2 Å². The van der Waals surface area contributed by atoms with Gasteiger partial charge >= 0.3 is 0 Å². The fraction of sp³-hybridized carbons (Fsp3) is 0.350. The van der Waals surface area contributed by atoms with Crippen LogP contribution in [0.3, 0.4) is 0 Å². The van der Waals surface area contributed by atoms with Gasteiger partial charge in [0.25, 0.3) is 0 Å². The van der Waals surface area contributed by atoms with Gasteiger partial charge in [-0.05, 0) is 80.1 Å². The number of hydrogen-bond donors (Lipinski definition) is 0. The molecule has 0 N–H and O–H groups in total. The first-order valence-electron chi connectivity index (χ1n) is 8.04. The Hall–Kier alpha value is -2.23. The summed E-state index contributed by atoms with van der Waals surface area (Å²) in [5.41, 5.74) is 6.99. The first-order chi connectivity index (χ1) is 11.3. The summed E-state index contributed by atoms with van der Waals surface area (Å²) in [5, 5.41) is 0. The van der Waals surface area contributed by atoms with Crippen LogP contribution in [0.4, 0.5) is 8.78 Å². The molecule has 1 heterocycles. The average Bonchev–Trinajstić information content (AvgIpc) is 3.00.